The summed E-state index contributed by atoms with van der Waals surface area (Å²) in [5.74, 6) is -2.92. The fourth-order valence-electron chi connectivity index (χ4n) is 10.2. The molecule has 0 spiro atoms. The van der Waals surface area contributed by atoms with Crippen LogP contribution in [0.25, 0.3) is 0 Å². The van der Waals surface area contributed by atoms with Crippen LogP contribution >= 0.6 is 0 Å². The van der Waals surface area contributed by atoms with E-state index in [0.717, 1.165) is 51.4 Å². The van der Waals surface area contributed by atoms with Gasteiger partial charge in [-0.3, -0.25) is 19.2 Å². The first kappa shape index (κ1) is 30.8. The fraction of sp³-hybridized carbons (Fsp3) is 0.871. The van der Waals surface area contributed by atoms with Crippen LogP contribution in [0.2, 0.25) is 0 Å². The standard InChI is InChI=1S/C31H49NO8/c1-17(5-6-20(26(35)36)27(37)38)21-7-8-22-19-10-12-29(2)16-18(40-28(39)24(32)15-25(33)34)9-14-31(29,4)23(19)11-13-30(21,22)3/h17-24H,5-16,32H2,1-4H3,(H,33,34)(H,35,36)(H,37,38)/t17-,18-,19+,21?,22+,23+,24+,29-,30-,31-/m1/s1. The van der Waals surface area contributed by atoms with Gasteiger partial charge in [0.1, 0.15) is 12.1 Å². The van der Waals surface area contributed by atoms with Crippen LogP contribution in [0.3, 0.4) is 0 Å². The molecule has 226 valence electrons. The van der Waals surface area contributed by atoms with Gasteiger partial charge >= 0.3 is 23.9 Å². The van der Waals surface area contributed by atoms with Crippen molar-refractivity contribution < 1.29 is 39.2 Å². The summed E-state index contributed by atoms with van der Waals surface area (Å²) in [5.41, 5.74) is 6.13. The Bertz CT molecular complexity index is 1000. The molecule has 5 N–H and O–H groups in total. The van der Waals surface area contributed by atoms with E-state index in [4.69, 9.17) is 15.6 Å². The molecule has 9 nitrogen and oxygen atoms in total. The number of carboxylic acid groups (broad SMARTS) is 3. The molecule has 0 amide bonds. The van der Waals surface area contributed by atoms with Gasteiger partial charge < -0.3 is 25.8 Å². The van der Waals surface area contributed by atoms with Crippen LogP contribution in [0, 0.1) is 51.8 Å². The molecular formula is C31H49NO8. The zero-order chi connectivity index (χ0) is 29.6. The summed E-state index contributed by atoms with van der Waals surface area (Å²) in [7, 11) is 0. The minimum Gasteiger partial charge on any atom is -0.481 e. The Kier molecular flexibility index (Phi) is 8.66. The van der Waals surface area contributed by atoms with Crippen molar-refractivity contribution in [2.24, 2.45) is 57.5 Å². The number of hydrogen-bond acceptors (Lipinski definition) is 6. The molecule has 0 bridgehead atoms. The van der Waals surface area contributed by atoms with Crippen molar-refractivity contribution in [2.75, 3.05) is 0 Å². The molecule has 1 unspecified atom stereocenters. The number of hydrogen-bond donors (Lipinski definition) is 4. The first-order valence-corrected chi connectivity index (χ1v) is 15.3. The average molecular weight is 564 g/mol. The van der Waals surface area contributed by atoms with E-state index in [1.54, 1.807) is 0 Å². The van der Waals surface area contributed by atoms with Gasteiger partial charge in [-0.15, -0.1) is 0 Å². The summed E-state index contributed by atoms with van der Waals surface area (Å²) < 4.78 is 5.74. The molecule has 0 aromatic heterocycles. The second-order valence-electron chi connectivity index (χ2n) is 14.4. The van der Waals surface area contributed by atoms with Crippen LogP contribution in [0.1, 0.15) is 105 Å². The van der Waals surface area contributed by atoms with Gasteiger partial charge in [-0.2, -0.15) is 0 Å². The molecule has 4 saturated carbocycles. The first-order valence-electron chi connectivity index (χ1n) is 15.3. The van der Waals surface area contributed by atoms with Crippen molar-refractivity contribution in [3.8, 4) is 0 Å². The quantitative estimate of drug-likeness (QED) is 0.213. The van der Waals surface area contributed by atoms with Gasteiger partial charge in [0.25, 0.3) is 0 Å². The highest BCUT2D eigenvalue weighted by Gasteiger charge is 2.64. The lowest BCUT2D eigenvalue weighted by Gasteiger charge is -2.65. The Balaban J connectivity index is 1.42. The predicted molar refractivity (Wildman–Crippen MR) is 147 cm³/mol. The maximum atomic E-state index is 12.4. The van der Waals surface area contributed by atoms with Gasteiger partial charge in [0.05, 0.1) is 6.42 Å². The van der Waals surface area contributed by atoms with Gasteiger partial charge in [-0.25, -0.2) is 0 Å². The summed E-state index contributed by atoms with van der Waals surface area (Å²) in [4.78, 5) is 46.2. The molecule has 0 radical (unpaired) electrons. The summed E-state index contributed by atoms with van der Waals surface area (Å²) in [6.07, 6.45) is 9.52. The minimum absolute atomic E-state index is 0.0377. The Morgan fingerprint density at radius 3 is 2.17 bits per heavy atom. The lowest BCUT2D eigenvalue weighted by molar-refractivity contribution is -0.185. The summed E-state index contributed by atoms with van der Waals surface area (Å²) in [5, 5.41) is 27.6. The van der Waals surface area contributed by atoms with E-state index >= 15 is 0 Å². The molecule has 9 heteroatoms. The van der Waals surface area contributed by atoms with Crippen LogP contribution < -0.4 is 5.73 Å². The molecule has 4 rings (SSSR count). The Hall–Kier alpha value is -2.16. The highest BCUT2D eigenvalue weighted by Crippen LogP contribution is 2.71. The highest BCUT2D eigenvalue weighted by atomic mass is 16.5. The predicted octanol–water partition coefficient (Wildman–Crippen LogP) is 4.95. The maximum Gasteiger partial charge on any atom is 0.323 e. The zero-order valence-electron chi connectivity index (χ0n) is 24.6. The van der Waals surface area contributed by atoms with E-state index in [1.165, 1.54) is 6.42 Å². The number of nitrogens with two attached hydrogens (primary N) is 1. The molecule has 4 aliphatic rings. The molecule has 4 fully saturated rings. The summed E-state index contributed by atoms with van der Waals surface area (Å²) in [6.45, 7) is 9.44. The van der Waals surface area contributed by atoms with Gasteiger partial charge in [-0.1, -0.05) is 27.7 Å². The molecule has 4 aliphatic carbocycles. The molecule has 0 aliphatic heterocycles. The van der Waals surface area contributed by atoms with E-state index in [9.17, 15) is 29.4 Å². The number of carbonyl (C=O) groups is 4. The molecule has 10 atom stereocenters. The third-order valence-corrected chi connectivity index (χ3v) is 12.6. The molecule has 40 heavy (non-hydrogen) atoms. The monoisotopic (exact) mass is 563 g/mol. The number of fused-ring (bicyclic) bond motifs is 5. The number of aliphatic carboxylic acids is 3. The lowest BCUT2D eigenvalue weighted by Crippen LogP contribution is -2.58. The number of carboxylic acids is 3. The average Bonchev–Trinajstić information content (AvgIpc) is 3.21. The van der Waals surface area contributed by atoms with Gasteiger partial charge in [0.15, 0.2) is 5.92 Å². The van der Waals surface area contributed by atoms with Crippen molar-refractivity contribution in [1.82, 2.24) is 0 Å². The fourth-order valence-corrected chi connectivity index (χ4v) is 10.2. The second-order valence-corrected chi connectivity index (χ2v) is 14.4. The third kappa shape index (κ3) is 5.39. The third-order valence-electron chi connectivity index (χ3n) is 12.6. The molecule has 0 heterocycles. The molecule has 0 aromatic rings. The summed E-state index contributed by atoms with van der Waals surface area (Å²) in [6, 6.07) is -1.14. The number of carbonyl (C=O) groups excluding carboxylic acids is 1. The summed E-state index contributed by atoms with van der Waals surface area (Å²) >= 11 is 0. The Morgan fingerprint density at radius 1 is 0.875 bits per heavy atom. The van der Waals surface area contributed by atoms with Crippen LogP contribution in [0.4, 0.5) is 0 Å². The van der Waals surface area contributed by atoms with Crippen molar-refractivity contribution in [2.45, 2.75) is 117 Å². The van der Waals surface area contributed by atoms with Crippen LogP contribution in [0.15, 0.2) is 0 Å². The second kappa shape index (κ2) is 11.3. The van der Waals surface area contributed by atoms with Crippen molar-refractivity contribution in [1.29, 1.82) is 0 Å². The van der Waals surface area contributed by atoms with Gasteiger partial charge in [0.2, 0.25) is 0 Å². The topological polar surface area (TPSA) is 164 Å². The Morgan fingerprint density at radius 2 is 1.55 bits per heavy atom. The zero-order valence-corrected chi connectivity index (χ0v) is 24.6. The van der Waals surface area contributed by atoms with Gasteiger partial charge in [0, 0.05) is 0 Å². The van der Waals surface area contributed by atoms with Crippen molar-refractivity contribution in [3.05, 3.63) is 0 Å². The Labute approximate surface area is 237 Å². The van der Waals surface area contributed by atoms with E-state index < -0.39 is 42.3 Å². The van der Waals surface area contributed by atoms with E-state index in [2.05, 4.69) is 27.7 Å². The largest absolute Gasteiger partial charge is 0.481 e. The van der Waals surface area contributed by atoms with Crippen LogP contribution in [-0.4, -0.2) is 51.3 Å². The smallest absolute Gasteiger partial charge is 0.323 e. The maximum absolute atomic E-state index is 12.4. The van der Waals surface area contributed by atoms with E-state index in [0.29, 0.717) is 30.1 Å². The lowest BCUT2D eigenvalue weighted by atomic mass is 9.40. The SMILES string of the molecule is C[C@H](CCC(C(=O)O)C(=O)O)C1CC[C@H]2[C@@H]3CC[C@]4(C)C[C@H](OC(=O)[C@@H](N)CC(=O)O)CC[C@]4(C)[C@H]3CC[C@]12C. The van der Waals surface area contributed by atoms with E-state index in [1.807, 2.05) is 0 Å². The number of esters is 1. The van der Waals surface area contributed by atoms with Gasteiger partial charge in [-0.05, 0) is 116 Å². The molecular weight excluding hydrogens is 514 g/mol. The van der Waals surface area contributed by atoms with E-state index in [-0.39, 0.29) is 34.7 Å². The van der Waals surface area contributed by atoms with Crippen molar-refractivity contribution >= 4 is 23.9 Å². The van der Waals surface area contributed by atoms with Crippen LogP contribution in [-0.2, 0) is 23.9 Å². The molecule has 0 saturated heterocycles. The molecule has 0 aromatic carbocycles. The number of rotatable bonds is 10. The number of ether oxygens (including phenoxy) is 1. The normalized spacial score (nSPS) is 40.3. The highest BCUT2D eigenvalue weighted by molar-refractivity contribution is 5.92. The first-order chi connectivity index (χ1) is 18.6. The van der Waals surface area contributed by atoms with Crippen molar-refractivity contribution in [3.63, 3.8) is 0 Å². The van der Waals surface area contributed by atoms with Crippen LogP contribution in [0.5, 0.6) is 0 Å². The minimum atomic E-state index is -1.33.